The molecule has 0 radical (unpaired) electrons. The predicted octanol–water partition coefficient (Wildman–Crippen LogP) is 2.78. The molecule has 1 atom stereocenters. The Kier molecular flexibility index (Phi) is 3.26. The van der Waals surface area contributed by atoms with Crippen LogP contribution in [0, 0.1) is 0 Å². The van der Waals surface area contributed by atoms with Crippen molar-refractivity contribution in [3.8, 4) is 0 Å². The van der Waals surface area contributed by atoms with E-state index in [9.17, 15) is 13.2 Å². The van der Waals surface area contributed by atoms with Crippen molar-refractivity contribution in [2.45, 2.75) is 17.1 Å². The molecule has 13 heavy (non-hydrogen) atoms. The summed E-state index contributed by atoms with van der Waals surface area (Å²) in [6, 6.07) is 5.32. The van der Waals surface area contributed by atoms with Gasteiger partial charge in [-0.25, -0.2) is 0 Å². The molecule has 0 saturated heterocycles. The van der Waals surface area contributed by atoms with Crippen LogP contribution in [-0.2, 0) is 6.18 Å². The van der Waals surface area contributed by atoms with Crippen molar-refractivity contribution in [2.75, 3.05) is 0 Å². The van der Waals surface area contributed by atoms with Gasteiger partial charge in [-0.3, -0.25) is 0 Å². The molecule has 0 aliphatic rings. The van der Waals surface area contributed by atoms with Crippen LogP contribution in [0.2, 0.25) is 0 Å². The average Bonchev–Trinajstić information content (AvgIpc) is 2.03. The predicted molar refractivity (Wildman–Crippen MR) is 48.1 cm³/mol. The first-order valence-corrected chi connectivity index (χ1v) is 5.24. The van der Waals surface area contributed by atoms with Crippen LogP contribution in [0.1, 0.15) is 23.4 Å². The maximum Gasteiger partial charge on any atom is 1.00 e. The monoisotopic (exact) mass is 305 g/mol. The Morgan fingerprint density at radius 3 is 2.00 bits per heavy atom. The van der Waals surface area contributed by atoms with E-state index in [-0.39, 0.29) is 1.43 Å². The molecule has 0 nitrogen and oxygen atoms in total. The third-order valence-corrected chi connectivity index (χ3v) is 2.57. The third-order valence-electron chi connectivity index (χ3n) is 1.72. The van der Waals surface area contributed by atoms with Gasteiger partial charge in [-0.15, -0.1) is 0 Å². The molecular weight excluding hydrogens is 293 g/mol. The van der Waals surface area contributed by atoms with E-state index in [1.54, 1.807) is 22.3 Å². The Morgan fingerprint density at radius 1 is 1.23 bits per heavy atom. The van der Waals surface area contributed by atoms with Crippen molar-refractivity contribution in [3.63, 3.8) is 0 Å². The second-order valence-corrected chi connectivity index (χ2v) is 5.01. The van der Waals surface area contributed by atoms with E-state index in [1.165, 1.54) is 12.1 Å². The van der Waals surface area contributed by atoms with E-state index in [1.807, 2.05) is 6.92 Å². The van der Waals surface area contributed by atoms with E-state index in [0.29, 0.717) is 3.97 Å². The summed E-state index contributed by atoms with van der Waals surface area (Å²) in [4.78, 5) is 0. The summed E-state index contributed by atoms with van der Waals surface area (Å²) in [7, 11) is 0. The van der Waals surface area contributed by atoms with Gasteiger partial charge in [-0.1, -0.05) is 0 Å². The molecule has 1 aromatic rings. The fourth-order valence-corrected chi connectivity index (χ4v) is 1.44. The van der Waals surface area contributed by atoms with Gasteiger partial charge in [0.25, 0.3) is 0 Å². The normalized spacial score (nSPS) is 14.2. The SMILES string of the molecule is CC([TeH])c1ccc(C(F)(F)F)cc1.[H+]. The molecule has 1 rings (SSSR count). The Labute approximate surface area is 89.5 Å². The quantitative estimate of drug-likeness (QED) is 0.700. The van der Waals surface area contributed by atoms with Crippen molar-refractivity contribution >= 4 is 22.3 Å². The van der Waals surface area contributed by atoms with Gasteiger partial charge < -0.3 is 0 Å². The van der Waals surface area contributed by atoms with Crippen molar-refractivity contribution < 1.29 is 14.6 Å². The maximum absolute atomic E-state index is 12.1. The van der Waals surface area contributed by atoms with Gasteiger partial charge in [0.1, 0.15) is 0 Å². The summed E-state index contributed by atoms with van der Waals surface area (Å²) in [5.41, 5.74) is 0.366. The zero-order valence-electron chi connectivity index (χ0n) is 7.97. The van der Waals surface area contributed by atoms with Crippen LogP contribution in [-0.4, -0.2) is 22.3 Å². The Hall–Kier alpha value is -0.200. The molecule has 1 aromatic carbocycles. The first-order chi connectivity index (χ1) is 5.91. The number of hydrogen-bond acceptors (Lipinski definition) is 0. The van der Waals surface area contributed by atoms with Crippen LogP contribution in [0.25, 0.3) is 0 Å². The molecule has 0 aliphatic carbocycles. The standard InChI is InChI=1S/C9H9F3Te/c1-6(13)7-2-4-8(5-3-7)9(10,11)12/h2-6,13H,1H3/p+1. The van der Waals surface area contributed by atoms with Gasteiger partial charge in [0, 0.05) is 0 Å². The van der Waals surface area contributed by atoms with Gasteiger partial charge in [0.15, 0.2) is 0 Å². The van der Waals surface area contributed by atoms with Gasteiger partial charge in [0.2, 0.25) is 0 Å². The van der Waals surface area contributed by atoms with Gasteiger partial charge in [0.05, 0.1) is 0 Å². The van der Waals surface area contributed by atoms with Crippen LogP contribution in [0.5, 0.6) is 0 Å². The second-order valence-electron chi connectivity index (χ2n) is 2.80. The molecule has 0 N–H and O–H groups in total. The van der Waals surface area contributed by atoms with Gasteiger partial charge in [-0.2, -0.15) is 0 Å². The van der Waals surface area contributed by atoms with Gasteiger partial charge in [-0.05, 0) is 0 Å². The van der Waals surface area contributed by atoms with Crippen LogP contribution in [0.15, 0.2) is 24.3 Å². The summed E-state index contributed by atoms with van der Waals surface area (Å²) >= 11 is 1.59. The molecule has 0 saturated carbocycles. The van der Waals surface area contributed by atoms with Crippen molar-refractivity contribution in [3.05, 3.63) is 35.4 Å². The van der Waals surface area contributed by atoms with Crippen LogP contribution in [0.3, 0.4) is 0 Å². The minimum Gasteiger partial charge on any atom is 1.00 e. The van der Waals surface area contributed by atoms with Crippen molar-refractivity contribution in [1.82, 2.24) is 0 Å². The Morgan fingerprint density at radius 2 is 1.69 bits per heavy atom. The Balaban J connectivity index is 0.00000169. The fourth-order valence-electron chi connectivity index (χ4n) is 0.951. The van der Waals surface area contributed by atoms with E-state index in [0.717, 1.165) is 17.7 Å². The van der Waals surface area contributed by atoms with Crippen LogP contribution >= 0.6 is 0 Å². The summed E-state index contributed by atoms with van der Waals surface area (Å²) in [6.07, 6.45) is -4.22. The number of alkyl halides is 3. The minimum atomic E-state index is -4.22. The first-order valence-electron chi connectivity index (χ1n) is 3.76. The summed E-state index contributed by atoms with van der Waals surface area (Å²) < 4.78 is 36.7. The first kappa shape index (κ1) is 10.9. The largest absolute Gasteiger partial charge is 1.00 e. The molecular formula is C9H10F3Te+. The minimum absolute atomic E-state index is 0. The maximum atomic E-state index is 12.1. The van der Waals surface area contributed by atoms with E-state index < -0.39 is 11.7 Å². The molecule has 72 valence electrons. The summed E-state index contributed by atoms with van der Waals surface area (Å²) in [6.45, 7) is 1.97. The van der Waals surface area contributed by atoms with Gasteiger partial charge >= 0.3 is 89.4 Å². The van der Waals surface area contributed by atoms with Crippen molar-refractivity contribution in [2.24, 2.45) is 0 Å². The number of benzene rings is 1. The number of halogens is 3. The molecule has 0 fully saturated rings. The molecule has 1 unspecified atom stereocenters. The molecule has 0 amide bonds. The topological polar surface area (TPSA) is 0 Å². The molecule has 0 aromatic heterocycles. The molecule has 0 aliphatic heterocycles. The van der Waals surface area contributed by atoms with E-state index in [4.69, 9.17) is 0 Å². The van der Waals surface area contributed by atoms with Crippen molar-refractivity contribution in [1.29, 1.82) is 0 Å². The molecule has 0 spiro atoms. The second kappa shape index (κ2) is 3.89. The van der Waals surface area contributed by atoms with E-state index >= 15 is 0 Å². The van der Waals surface area contributed by atoms with Crippen LogP contribution < -0.4 is 0 Å². The van der Waals surface area contributed by atoms with E-state index in [2.05, 4.69) is 0 Å². The molecule has 0 heterocycles. The smallest absolute Gasteiger partial charge is 1.00 e. The molecule has 4 heteroatoms. The summed E-state index contributed by atoms with van der Waals surface area (Å²) in [5.74, 6) is 0. The summed E-state index contributed by atoms with van der Waals surface area (Å²) in [5, 5.41) is 0. The fraction of sp³-hybridized carbons (Fsp3) is 0.333. The van der Waals surface area contributed by atoms with Crippen LogP contribution in [0.4, 0.5) is 13.2 Å². The average molecular weight is 303 g/mol. The molecule has 0 bridgehead atoms. The zero-order valence-corrected chi connectivity index (χ0v) is 9.52. The number of hydrogen-bond donors (Lipinski definition) is 0. The zero-order chi connectivity index (χ0) is 10.1. The Bertz CT molecular complexity index is 279. The third kappa shape index (κ3) is 2.89. The number of rotatable bonds is 1.